The van der Waals surface area contributed by atoms with Crippen LogP contribution in [0.5, 0.6) is 0 Å². The monoisotopic (exact) mass is 480 g/mol. The van der Waals surface area contributed by atoms with Crippen LogP contribution in [0.2, 0.25) is 0 Å². The SMILES string of the molecule is O=[N+]([O-])c1cc(-n2nccn2)ccc1NCCCCCCN[C@H]1C[C@](O)(CO)[C@@H](O)[C@H](O)[C@H]1O. The number of rotatable bonds is 12. The predicted molar refractivity (Wildman–Crippen MR) is 121 cm³/mol. The molecule has 1 heterocycles. The lowest BCUT2D eigenvalue weighted by Crippen LogP contribution is -2.66. The van der Waals surface area contributed by atoms with Crippen LogP contribution in [0.15, 0.2) is 30.6 Å². The summed E-state index contributed by atoms with van der Waals surface area (Å²) >= 11 is 0. The van der Waals surface area contributed by atoms with Crippen molar-refractivity contribution in [2.45, 2.75) is 62.1 Å². The molecule has 1 aliphatic rings. The molecule has 0 bridgehead atoms. The van der Waals surface area contributed by atoms with Gasteiger partial charge in [0.1, 0.15) is 23.5 Å². The van der Waals surface area contributed by atoms with Crippen LogP contribution in [-0.4, -0.2) is 95.1 Å². The van der Waals surface area contributed by atoms with E-state index in [1.54, 1.807) is 12.1 Å². The van der Waals surface area contributed by atoms with E-state index >= 15 is 0 Å². The molecule has 1 saturated carbocycles. The van der Waals surface area contributed by atoms with Gasteiger partial charge in [-0.1, -0.05) is 12.8 Å². The highest BCUT2D eigenvalue weighted by Gasteiger charge is 2.50. The third-order valence-electron chi connectivity index (χ3n) is 6.14. The van der Waals surface area contributed by atoms with Crippen molar-refractivity contribution in [3.05, 3.63) is 40.7 Å². The van der Waals surface area contributed by atoms with Gasteiger partial charge in [0, 0.05) is 18.7 Å². The second-order valence-electron chi connectivity index (χ2n) is 8.57. The quantitative estimate of drug-likeness (QED) is 0.115. The zero-order valence-electron chi connectivity index (χ0n) is 18.7. The normalized spacial score (nSPS) is 27.0. The maximum atomic E-state index is 11.4. The molecule has 7 N–H and O–H groups in total. The maximum absolute atomic E-state index is 11.4. The van der Waals surface area contributed by atoms with Crippen molar-refractivity contribution in [2.75, 3.05) is 25.0 Å². The fourth-order valence-corrected chi connectivity index (χ4v) is 4.12. The van der Waals surface area contributed by atoms with Crippen molar-refractivity contribution in [1.29, 1.82) is 0 Å². The van der Waals surface area contributed by atoms with Gasteiger partial charge >= 0.3 is 0 Å². The van der Waals surface area contributed by atoms with Crippen LogP contribution in [-0.2, 0) is 0 Å². The zero-order valence-corrected chi connectivity index (χ0v) is 18.7. The van der Waals surface area contributed by atoms with Gasteiger partial charge in [0.05, 0.1) is 35.7 Å². The van der Waals surface area contributed by atoms with Crippen LogP contribution < -0.4 is 10.6 Å². The summed E-state index contributed by atoms with van der Waals surface area (Å²) in [5.74, 6) is 0. The molecule has 0 radical (unpaired) electrons. The largest absolute Gasteiger partial charge is 0.393 e. The van der Waals surface area contributed by atoms with Gasteiger partial charge in [-0.3, -0.25) is 10.1 Å². The van der Waals surface area contributed by atoms with E-state index in [2.05, 4.69) is 20.8 Å². The van der Waals surface area contributed by atoms with E-state index in [9.17, 15) is 35.6 Å². The van der Waals surface area contributed by atoms with E-state index in [4.69, 9.17) is 0 Å². The van der Waals surface area contributed by atoms with E-state index < -0.39 is 41.5 Å². The maximum Gasteiger partial charge on any atom is 0.294 e. The summed E-state index contributed by atoms with van der Waals surface area (Å²) in [7, 11) is 0. The lowest BCUT2D eigenvalue weighted by Gasteiger charge is -2.45. The number of hydrogen-bond acceptors (Lipinski definition) is 11. The van der Waals surface area contributed by atoms with Crippen molar-refractivity contribution >= 4 is 11.4 Å². The van der Waals surface area contributed by atoms with E-state index in [1.807, 2.05) is 0 Å². The number of nitro groups is 1. The number of nitrogens with one attached hydrogen (secondary N) is 2. The van der Waals surface area contributed by atoms with Crippen molar-refractivity contribution in [3.63, 3.8) is 0 Å². The van der Waals surface area contributed by atoms with E-state index in [1.165, 1.54) is 23.3 Å². The molecule has 1 aliphatic carbocycles. The molecule has 2 aromatic rings. The fraction of sp³-hybridized carbons (Fsp3) is 0.619. The van der Waals surface area contributed by atoms with Gasteiger partial charge in [-0.15, -0.1) is 0 Å². The number of hydrogen-bond donors (Lipinski definition) is 7. The summed E-state index contributed by atoms with van der Waals surface area (Å²) in [4.78, 5) is 12.3. The Balaban J connectivity index is 1.37. The highest BCUT2D eigenvalue weighted by Crippen LogP contribution is 2.30. The first-order chi connectivity index (χ1) is 16.3. The molecule has 0 unspecified atom stereocenters. The summed E-state index contributed by atoms with van der Waals surface area (Å²) in [6, 6.07) is 4.10. The number of anilines is 1. The number of aliphatic hydroxyl groups excluding tert-OH is 4. The lowest BCUT2D eigenvalue weighted by atomic mass is 9.76. The number of nitro benzene ring substituents is 1. The molecule has 5 atom stereocenters. The zero-order chi connectivity index (χ0) is 24.7. The van der Waals surface area contributed by atoms with Gasteiger partial charge < -0.3 is 36.2 Å². The molecule has 0 amide bonds. The lowest BCUT2D eigenvalue weighted by molar-refractivity contribution is -0.383. The van der Waals surface area contributed by atoms with Gasteiger partial charge in [-0.25, -0.2) is 0 Å². The number of benzene rings is 1. The van der Waals surface area contributed by atoms with Gasteiger partial charge in [0.2, 0.25) is 0 Å². The smallest absolute Gasteiger partial charge is 0.294 e. The molecule has 13 heteroatoms. The molecule has 34 heavy (non-hydrogen) atoms. The molecular weight excluding hydrogens is 448 g/mol. The first-order valence-electron chi connectivity index (χ1n) is 11.3. The minimum Gasteiger partial charge on any atom is -0.393 e. The summed E-state index contributed by atoms with van der Waals surface area (Å²) in [5, 5.41) is 75.1. The van der Waals surface area contributed by atoms with Crippen LogP contribution in [0.3, 0.4) is 0 Å². The van der Waals surface area contributed by atoms with E-state index in [0.29, 0.717) is 24.5 Å². The molecule has 13 nitrogen and oxygen atoms in total. The number of unbranched alkanes of at least 4 members (excludes halogenated alkanes) is 3. The highest BCUT2D eigenvalue weighted by molar-refractivity contribution is 5.64. The summed E-state index contributed by atoms with van der Waals surface area (Å²) in [5.41, 5.74) is -0.999. The topological polar surface area (TPSA) is 199 Å². The Morgan fingerprint density at radius 1 is 1.09 bits per heavy atom. The van der Waals surface area contributed by atoms with Gasteiger partial charge in [0.15, 0.2) is 0 Å². The number of aliphatic hydroxyl groups is 5. The molecule has 0 saturated heterocycles. The van der Waals surface area contributed by atoms with Crippen molar-refractivity contribution in [2.24, 2.45) is 0 Å². The van der Waals surface area contributed by atoms with Crippen molar-refractivity contribution in [1.82, 2.24) is 20.3 Å². The van der Waals surface area contributed by atoms with Crippen LogP contribution in [0.1, 0.15) is 32.1 Å². The minimum atomic E-state index is -1.86. The number of nitrogens with zero attached hydrogens (tertiary/aromatic N) is 4. The molecule has 0 spiro atoms. The summed E-state index contributed by atoms with van der Waals surface area (Å²) < 4.78 is 0. The summed E-state index contributed by atoms with van der Waals surface area (Å²) in [6.45, 7) is 0.362. The van der Waals surface area contributed by atoms with Gasteiger partial charge in [0.25, 0.3) is 5.69 Å². The molecule has 0 aliphatic heterocycles. The Hall–Kier alpha value is -2.68. The Bertz CT molecular complexity index is 930. The second-order valence-corrected chi connectivity index (χ2v) is 8.57. The highest BCUT2D eigenvalue weighted by atomic mass is 16.6. The van der Waals surface area contributed by atoms with E-state index in [-0.39, 0.29) is 12.1 Å². The first-order valence-corrected chi connectivity index (χ1v) is 11.3. The van der Waals surface area contributed by atoms with Crippen LogP contribution in [0, 0.1) is 10.1 Å². The average molecular weight is 481 g/mol. The Labute approximate surface area is 196 Å². The second kappa shape index (κ2) is 11.6. The third-order valence-corrected chi connectivity index (χ3v) is 6.14. The van der Waals surface area contributed by atoms with Crippen LogP contribution in [0.25, 0.3) is 5.69 Å². The third kappa shape index (κ3) is 6.05. The molecular formula is C21H32N6O7. The van der Waals surface area contributed by atoms with Gasteiger partial charge in [-0.05, 0) is 37.9 Å². The summed E-state index contributed by atoms with van der Waals surface area (Å²) in [6.07, 6.45) is 1.77. The van der Waals surface area contributed by atoms with Crippen molar-refractivity contribution in [3.8, 4) is 5.69 Å². The Morgan fingerprint density at radius 3 is 2.41 bits per heavy atom. The van der Waals surface area contributed by atoms with E-state index in [0.717, 1.165) is 25.7 Å². The average Bonchev–Trinajstić information content (AvgIpc) is 3.37. The fourth-order valence-electron chi connectivity index (χ4n) is 4.12. The van der Waals surface area contributed by atoms with Crippen LogP contribution in [0.4, 0.5) is 11.4 Å². The van der Waals surface area contributed by atoms with Crippen molar-refractivity contribution < 1.29 is 30.5 Å². The standard InChI is InChI=1S/C21H32N6O7/c28-13-21(32)12-16(18(29)19(30)20(21)31)23-8-4-2-1-3-7-22-15-6-5-14(11-17(15)27(33)34)26-24-9-10-25-26/h5-6,9-11,16,18-20,22-23,28-32H,1-4,7-8,12-13H2/t16-,18-,19+,20-,21-/m0/s1. The minimum absolute atomic E-state index is 0.0554. The first kappa shape index (κ1) is 25.9. The Morgan fingerprint density at radius 2 is 1.76 bits per heavy atom. The molecule has 3 rings (SSSR count). The molecule has 1 fully saturated rings. The van der Waals surface area contributed by atoms with Crippen LogP contribution >= 0.6 is 0 Å². The predicted octanol–water partition coefficient (Wildman–Crippen LogP) is -0.684. The number of aromatic nitrogens is 3. The van der Waals surface area contributed by atoms with Gasteiger partial charge in [-0.2, -0.15) is 15.0 Å². The molecule has 188 valence electrons. The molecule has 1 aromatic heterocycles. The Kier molecular flexibility index (Phi) is 8.88. The molecule has 1 aromatic carbocycles.